The summed E-state index contributed by atoms with van der Waals surface area (Å²) in [6, 6.07) is 44.6. The number of aromatic nitrogens is 2. The Kier molecular flexibility index (Phi) is 20.9. The lowest BCUT2D eigenvalue weighted by Gasteiger charge is -2.33. The molecule has 2 heterocycles. The molecule has 420 valence electrons. The van der Waals surface area contributed by atoms with Crippen molar-refractivity contribution in [3.63, 3.8) is 0 Å². The Morgan fingerprint density at radius 3 is 1.14 bits per heavy atom. The fraction of sp³-hybridized carbons (Fsp3) is 0.258. The number of carboxylic acid groups (broad SMARTS) is 2. The second-order valence-electron chi connectivity index (χ2n) is 20.8. The van der Waals surface area contributed by atoms with Crippen LogP contribution in [0.3, 0.4) is 0 Å². The van der Waals surface area contributed by atoms with Crippen LogP contribution in [0.15, 0.2) is 146 Å². The van der Waals surface area contributed by atoms with Gasteiger partial charge in [-0.1, -0.05) is 60.7 Å². The number of halogens is 2. The fourth-order valence-corrected chi connectivity index (χ4v) is 8.38. The molecule has 2 aromatic heterocycles. The molecule has 0 saturated heterocycles. The van der Waals surface area contributed by atoms with Gasteiger partial charge in [-0.05, 0) is 149 Å². The van der Waals surface area contributed by atoms with Crippen LogP contribution in [-0.2, 0) is 35.8 Å². The van der Waals surface area contributed by atoms with E-state index in [9.17, 15) is 18.4 Å². The van der Waals surface area contributed by atoms with Crippen LogP contribution >= 0.6 is 0 Å². The van der Waals surface area contributed by atoms with Crippen molar-refractivity contribution in [3.8, 4) is 0 Å². The van der Waals surface area contributed by atoms with Crippen molar-refractivity contribution in [2.24, 2.45) is 11.5 Å². The maximum atomic E-state index is 13.9. The smallest absolute Gasteiger partial charge is 0.268 e. The lowest BCUT2D eigenvalue weighted by atomic mass is 10.1. The molecule has 8 rings (SSSR count). The summed E-state index contributed by atoms with van der Waals surface area (Å²) in [5.74, 6) is -3.39. The number of hydrogen-bond acceptors (Lipinski definition) is 8. The van der Waals surface area contributed by atoms with Gasteiger partial charge >= 0.3 is 0 Å². The van der Waals surface area contributed by atoms with Gasteiger partial charge in [0.1, 0.15) is 46.1 Å². The molecule has 0 aliphatic rings. The number of nitrogens with one attached hydrogen (secondary N) is 4. The number of nitrogen functional groups attached to an aromatic ring is 2. The van der Waals surface area contributed by atoms with Gasteiger partial charge in [0, 0.05) is 71.1 Å². The van der Waals surface area contributed by atoms with E-state index in [4.69, 9.17) is 42.1 Å². The quantitative estimate of drug-likeness (QED) is 0.0320. The van der Waals surface area contributed by atoms with Crippen molar-refractivity contribution in [1.29, 1.82) is 10.8 Å². The van der Waals surface area contributed by atoms with Gasteiger partial charge in [-0.2, -0.15) is 0 Å². The zero-order valence-electron chi connectivity index (χ0n) is 47.0. The monoisotopic (exact) mass is 1090 g/mol. The van der Waals surface area contributed by atoms with Crippen LogP contribution in [0.25, 0.3) is 21.8 Å². The molecule has 0 radical (unpaired) electrons. The summed E-state index contributed by atoms with van der Waals surface area (Å²) >= 11 is 0. The first kappa shape index (κ1) is 61.8. The van der Waals surface area contributed by atoms with Crippen LogP contribution in [0, 0.1) is 22.5 Å². The van der Waals surface area contributed by atoms with E-state index in [0.717, 1.165) is 56.1 Å². The Morgan fingerprint density at radius 1 is 0.512 bits per heavy atom. The normalized spacial score (nSPS) is 11.2. The maximum Gasteiger partial charge on any atom is 0.268 e. The van der Waals surface area contributed by atoms with Crippen molar-refractivity contribution >= 4 is 68.6 Å². The molecule has 16 nitrogen and oxygen atoms in total. The number of amidine groups is 2. The summed E-state index contributed by atoms with van der Waals surface area (Å²) in [6.45, 7) is 12.2. The summed E-state index contributed by atoms with van der Waals surface area (Å²) in [5, 5.41) is 40.5. The zero-order chi connectivity index (χ0) is 59.2. The Morgan fingerprint density at radius 2 is 0.838 bits per heavy atom. The highest BCUT2D eigenvalue weighted by Gasteiger charge is 2.25. The molecular formula is C62H72F2N10O6. The molecule has 0 saturated carbocycles. The van der Waals surface area contributed by atoms with E-state index in [2.05, 4.69) is 90.8 Å². The fourth-order valence-electron chi connectivity index (χ4n) is 8.38. The highest BCUT2D eigenvalue weighted by Crippen LogP contribution is 2.27. The molecule has 0 aliphatic carbocycles. The van der Waals surface area contributed by atoms with Crippen LogP contribution in [0.2, 0.25) is 0 Å². The number of quaternary nitrogens is 2. The van der Waals surface area contributed by atoms with Gasteiger partial charge < -0.3 is 51.0 Å². The zero-order valence-corrected chi connectivity index (χ0v) is 47.0. The van der Waals surface area contributed by atoms with E-state index >= 15 is 0 Å². The number of rotatable bonds is 16. The lowest BCUT2D eigenvalue weighted by Crippen LogP contribution is -2.46. The Bertz CT molecular complexity index is 3270. The number of hydrogen-bond donors (Lipinski definition) is 6. The third-order valence-corrected chi connectivity index (χ3v) is 14.0. The predicted molar refractivity (Wildman–Crippen MR) is 311 cm³/mol. The first-order chi connectivity index (χ1) is 37.6. The summed E-state index contributed by atoms with van der Waals surface area (Å²) in [7, 11) is 8.70. The SMILES string of the molecule is CC(=O)[O-].CC(=O)[O-].CC(C)[N+](C)(C)c1ccc(CNC(=O)c2cc3cc(F)ccc3n2Cc2cccc(C(=N)N)c2)cc1.CC(C)[N+](C)(C)c1ccc(CNC(=O)c2cc3cc(F)ccc3n2Cc2cccc(C(=N)N)c2)cc1. The molecule has 18 heteroatoms. The van der Waals surface area contributed by atoms with Gasteiger partial charge in [-0.25, -0.2) is 8.78 Å². The second kappa shape index (κ2) is 27.0. The molecule has 0 fully saturated rings. The number of nitrogens with two attached hydrogens (primary N) is 2. The Hall–Kier alpha value is -9.00. The van der Waals surface area contributed by atoms with Crippen molar-refractivity contribution in [1.82, 2.24) is 28.7 Å². The van der Waals surface area contributed by atoms with Gasteiger partial charge in [-0.3, -0.25) is 29.4 Å². The number of aliphatic carboxylic acids is 2. The summed E-state index contributed by atoms with van der Waals surface area (Å²) in [6.07, 6.45) is 0. The minimum Gasteiger partial charge on any atom is -0.550 e. The average Bonchev–Trinajstić information content (AvgIpc) is 3.94. The van der Waals surface area contributed by atoms with Crippen molar-refractivity contribution in [2.75, 3.05) is 28.2 Å². The predicted octanol–water partition coefficient (Wildman–Crippen LogP) is 7.55. The minimum absolute atomic E-state index is 0.0177. The molecule has 0 bridgehead atoms. The summed E-state index contributed by atoms with van der Waals surface area (Å²) < 4.78 is 33.2. The minimum atomic E-state index is -1.08. The van der Waals surface area contributed by atoms with E-state index in [1.807, 2.05) is 69.8 Å². The molecule has 0 atom stereocenters. The molecule has 8 aromatic rings. The van der Waals surface area contributed by atoms with E-state index in [0.29, 0.717) is 71.5 Å². The number of carbonyl (C=O) groups excluding carboxylic acids is 4. The Labute approximate surface area is 466 Å². The Balaban J connectivity index is 0.000000259. The topological polar surface area (TPSA) is 248 Å². The molecular weight excluding hydrogens is 1020 g/mol. The third kappa shape index (κ3) is 16.5. The highest BCUT2D eigenvalue weighted by atomic mass is 19.1. The molecule has 80 heavy (non-hydrogen) atoms. The van der Waals surface area contributed by atoms with Gasteiger partial charge in [0.25, 0.3) is 11.8 Å². The summed E-state index contributed by atoms with van der Waals surface area (Å²) in [5.41, 5.74) is 21.1. The van der Waals surface area contributed by atoms with Crippen molar-refractivity contribution in [2.45, 2.75) is 79.8 Å². The standard InChI is InChI=1S/2C29H32FN5O.2C2H4O2/c2*1-19(2)35(3,4)25-11-8-20(9-12-25)17-33-29(36)27-16-23-15-24(30)10-13-26(23)34(27)18-21-6-5-7-22(14-21)28(31)32;2*1-2(3)4/h2*5-16,19H,17-18H2,1-4H3,(H3-,31,32,33,36);2*1H3,(H,3,4). The van der Waals surface area contributed by atoms with Gasteiger partial charge in [0.15, 0.2) is 0 Å². The van der Waals surface area contributed by atoms with Crippen LogP contribution in [0.4, 0.5) is 20.2 Å². The lowest BCUT2D eigenvalue weighted by molar-refractivity contribution is -0.303. The average molecular weight is 1090 g/mol. The van der Waals surface area contributed by atoms with Gasteiger partial charge in [-0.15, -0.1) is 0 Å². The number of amides is 2. The van der Waals surface area contributed by atoms with E-state index < -0.39 is 11.9 Å². The van der Waals surface area contributed by atoms with Crippen LogP contribution in [-0.4, -0.2) is 84.8 Å². The van der Waals surface area contributed by atoms with E-state index in [1.54, 1.807) is 36.4 Å². The van der Waals surface area contributed by atoms with Gasteiger partial charge in [0.05, 0.1) is 40.3 Å². The van der Waals surface area contributed by atoms with Crippen LogP contribution in [0.5, 0.6) is 0 Å². The van der Waals surface area contributed by atoms with Crippen LogP contribution < -0.4 is 41.3 Å². The largest absolute Gasteiger partial charge is 0.550 e. The summed E-state index contributed by atoms with van der Waals surface area (Å²) in [4.78, 5) is 44.4. The van der Waals surface area contributed by atoms with Crippen molar-refractivity contribution < 1.29 is 38.2 Å². The first-order valence-electron chi connectivity index (χ1n) is 25.8. The maximum absolute atomic E-state index is 13.9. The highest BCUT2D eigenvalue weighted by molar-refractivity contribution is 6.00. The molecule has 0 spiro atoms. The van der Waals surface area contributed by atoms with E-state index in [-0.39, 0.29) is 35.1 Å². The molecule has 6 aromatic carbocycles. The number of benzene rings is 6. The van der Waals surface area contributed by atoms with Crippen LogP contribution in [0.1, 0.15) is 95.9 Å². The number of fused-ring (bicyclic) bond motifs is 2. The second-order valence-corrected chi connectivity index (χ2v) is 20.8. The molecule has 8 N–H and O–H groups in total. The molecule has 0 unspecified atom stereocenters. The number of carboxylic acids is 2. The number of nitrogens with zero attached hydrogens (tertiary/aromatic N) is 4. The molecule has 0 aliphatic heterocycles. The van der Waals surface area contributed by atoms with Gasteiger partial charge in [0.2, 0.25) is 0 Å². The first-order valence-corrected chi connectivity index (χ1v) is 25.8. The van der Waals surface area contributed by atoms with Crippen molar-refractivity contribution in [3.05, 3.63) is 202 Å². The molecule has 2 amide bonds. The number of carbonyl (C=O) groups is 4. The van der Waals surface area contributed by atoms with E-state index in [1.165, 1.54) is 35.6 Å². The third-order valence-electron chi connectivity index (χ3n) is 14.0.